The fourth-order valence-corrected chi connectivity index (χ4v) is 3.54. The van der Waals surface area contributed by atoms with Crippen molar-refractivity contribution in [1.82, 2.24) is 0 Å². The highest BCUT2D eigenvalue weighted by Gasteiger charge is 2.56. The van der Waals surface area contributed by atoms with Gasteiger partial charge in [0.25, 0.3) is 0 Å². The van der Waals surface area contributed by atoms with E-state index in [-0.39, 0.29) is 13.2 Å². The summed E-state index contributed by atoms with van der Waals surface area (Å²) in [5.74, 6) is 0. The largest absolute Gasteiger partial charge is 0.440 e. The summed E-state index contributed by atoms with van der Waals surface area (Å²) in [5.41, 5.74) is 5.53. The van der Waals surface area contributed by atoms with E-state index in [2.05, 4.69) is 0 Å². The molecular formula is C23H29NO7. The summed E-state index contributed by atoms with van der Waals surface area (Å²) < 4.78 is 28.4. The number of methoxy groups -OCH3 is 1. The number of carbonyl (C=O) groups excluding carboxylic acids is 1. The van der Waals surface area contributed by atoms with Crippen LogP contribution in [0.5, 0.6) is 0 Å². The van der Waals surface area contributed by atoms with Crippen LogP contribution in [0.15, 0.2) is 60.7 Å². The highest BCUT2D eigenvalue weighted by molar-refractivity contribution is 5.65. The molecule has 1 saturated heterocycles. The average Bonchev–Trinajstić information content (AvgIpc) is 2.76. The van der Waals surface area contributed by atoms with Crippen molar-refractivity contribution in [2.75, 3.05) is 13.7 Å². The molecule has 1 aliphatic heterocycles. The van der Waals surface area contributed by atoms with Crippen LogP contribution in [0.4, 0.5) is 4.79 Å². The second kappa shape index (κ2) is 10.7. The molecule has 0 radical (unpaired) electrons. The Balaban J connectivity index is 1.72. The lowest BCUT2D eigenvalue weighted by molar-refractivity contribution is -0.332. The van der Waals surface area contributed by atoms with Gasteiger partial charge in [-0.25, -0.2) is 4.79 Å². The van der Waals surface area contributed by atoms with Gasteiger partial charge in [0.05, 0.1) is 19.8 Å². The lowest BCUT2D eigenvalue weighted by Crippen LogP contribution is -2.67. The normalized spacial score (nSPS) is 28.2. The number of hydrogen-bond acceptors (Lipinski definition) is 7. The molecule has 0 aromatic heterocycles. The summed E-state index contributed by atoms with van der Waals surface area (Å²) in [7, 11) is 1.45. The first-order chi connectivity index (χ1) is 14.9. The molecule has 0 saturated carbocycles. The Morgan fingerprint density at radius 3 is 2.19 bits per heavy atom. The van der Waals surface area contributed by atoms with Crippen molar-refractivity contribution in [1.29, 1.82) is 0 Å². The molecule has 0 unspecified atom stereocenters. The van der Waals surface area contributed by atoms with E-state index in [0.29, 0.717) is 6.61 Å². The van der Waals surface area contributed by atoms with Gasteiger partial charge in [0.1, 0.15) is 17.8 Å². The minimum absolute atomic E-state index is 0.0474. The topological polar surface area (TPSA) is 109 Å². The van der Waals surface area contributed by atoms with Crippen molar-refractivity contribution in [3.8, 4) is 0 Å². The third kappa shape index (κ3) is 6.03. The zero-order valence-electron chi connectivity index (χ0n) is 17.7. The number of rotatable bonds is 9. The number of hydrogen-bond donors (Lipinski definition) is 2. The second-order valence-electron chi connectivity index (χ2n) is 7.57. The van der Waals surface area contributed by atoms with Gasteiger partial charge in [-0.15, -0.1) is 0 Å². The molecule has 0 aliphatic carbocycles. The highest BCUT2D eigenvalue weighted by atomic mass is 16.7. The van der Waals surface area contributed by atoms with E-state index in [4.69, 9.17) is 29.4 Å². The van der Waals surface area contributed by atoms with Gasteiger partial charge >= 0.3 is 6.09 Å². The summed E-state index contributed by atoms with van der Waals surface area (Å²) in [6.07, 6.45) is -4.81. The maximum absolute atomic E-state index is 11.6. The molecule has 1 amide bonds. The summed E-state index contributed by atoms with van der Waals surface area (Å²) in [6.45, 7) is 2.09. The molecule has 2 aromatic carbocycles. The minimum Gasteiger partial charge on any atom is -0.440 e. The highest BCUT2D eigenvalue weighted by Crippen LogP contribution is 2.34. The van der Waals surface area contributed by atoms with Crippen LogP contribution in [0.25, 0.3) is 0 Å². The molecule has 0 bridgehead atoms. The van der Waals surface area contributed by atoms with E-state index in [1.165, 1.54) is 14.0 Å². The number of benzene rings is 2. The molecule has 8 nitrogen and oxygen atoms in total. The van der Waals surface area contributed by atoms with Gasteiger partial charge in [-0.2, -0.15) is 0 Å². The lowest BCUT2D eigenvalue weighted by Gasteiger charge is -2.48. The molecular weight excluding hydrogens is 402 g/mol. The number of nitrogens with two attached hydrogens (primary N) is 1. The van der Waals surface area contributed by atoms with Crippen molar-refractivity contribution in [2.24, 2.45) is 5.73 Å². The summed E-state index contributed by atoms with van der Waals surface area (Å²) >= 11 is 0. The van der Waals surface area contributed by atoms with Crippen LogP contribution in [0, 0.1) is 0 Å². The van der Waals surface area contributed by atoms with Crippen molar-refractivity contribution in [2.45, 2.75) is 50.3 Å². The van der Waals surface area contributed by atoms with Gasteiger partial charge in [-0.1, -0.05) is 60.7 Å². The number of carbonyl (C=O) groups is 1. The predicted molar refractivity (Wildman–Crippen MR) is 112 cm³/mol. The molecule has 0 spiro atoms. The van der Waals surface area contributed by atoms with Crippen LogP contribution in [0.3, 0.4) is 0 Å². The average molecular weight is 431 g/mol. The molecule has 1 heterocycles. The SMILES string of the molecule is CO[C@H]1O[C@H](COCc2ccccc2)[C@@](C)(O)[C@H](OC(N)=O)[C@H]1OCc1ccccc1. The molecule has 2 aromatic rings. The predicted octanol–water partition coefficient (Wildman–Crippen LogP) is 2.37. The molecule has 168 valence electrons. The number of aliphatic hydroxyl groups is 1. The number of ether oxygens (including phenoxy) is 5. The Morgan fingerprint density at radius 2 is 1.65 bits per heavy atom. The zero-order valence-corrected chi connectivity index (χ0v) is 17.7. The fourth-order valence-electron chi connectivity index (χ4n) is 3.54. The Bertz CT molecular complexity index is 815. The zero-order chi connectivity index (χ0) is 22.3. The van der Waals surface area contributed by atoms with Gasteiger partial charge in [-0.05, 0) is 18.1 Å². The fraction of sp³-hybridized carbons (Fsp3) is 0.435. The lowest BCUT2D eigenvalue weighted by atomic mass is 9.85. The molecule has 8 heteroatoms. The van der Waals surface area contributed by atoms with Crippen molar-refractivity contribution >= 4 is 6.09 Å². The standard InChI is InChI=1S/C23H29NO7/c1-23(26)18(15-28-13-16-9-5-3-6-10-16)30-21(27-2)19(20(23)31-22(24)25)29-14-17-11-7-4-8-12-17/h3-12,18-21,26H,13-15H2,1-2H3,(H2,24,25)/t18-,19-,20-,21+,23-/m1/s1. The van der Waals surface area contributed by atoms with Gasteiger partial charge in [0.2, 0.25) is 0 Å². The third-order valence-electron chi connectivity index (χ3n) is 5.23. The van der Waals surface area contributed by atoms with Crippen molar-refractivity contribution < 1.29 is 33.6 Å². The number of primary amides is 1. The molecule has 3 rings (SSSR count). The van der Waals surface area contributed by atoms with E-state index in [0.717, 1.165) is 11.1 Å². The Morgan fingerprint density at radius 1 is 1.06 bits per heavy atom. The Labute approximate surface area is 181 Å². The van der Waals surface area contributed by atoms with E-state index in [9.17, 15) is 9.90 Å². The van der Waals surface area contributed by atoms with Crippen molar-refractivity contribution in [3.05, 3.63) is 71.8 Å². The van der Waals surface area contributed by atoms with Gasteiger partial charge in [0, 0.05) is 7.11 Å². The van der Waals surface area contributed by atoms with Crippen LogP contribution in [-0.4, -0.2) is 55.1 Å². The van der Waals surface area contributed by atoms with Crippen molar-refractivity contribution in [3.63, 3.8) is 0 Å². The van der Waals surface area contributed by atoms with Crippen LogP contribution in [0.2, 0.25) is 0 Å². The first-order valence-electron chi connectivity index (χ1n) is 10.1. The van der Waals surface area contributed by atoms with E-state index >= 15 is 0 Å². The monoisotopic (exact) mass is 431 g/mol. The summed E-state index contributed by atoms with van der Waals surface area (Å²) in [4.78, 5) is 11.6. The Kier molecular flexibility index (Phi) is 8.00. The van der Waals surface area contributed by atoms with Crippen LogP contribution < -0.4 is 5.73 Å². The van der Waals surface area contributed by atoms with E-state index in [1.807, 2.05) is 60.7 Å². The first kappa shape index (κ1) is 23.2. The van der Waals surface area contributed by atoms with E-state index in [1.54, 1.807) is 0 Å². The first-order valence-corrected chi connectivity index (χ1v) is 10.1. The summed E-state index contributed by atoms with van der Waals surface area (Å²) in [5, 5.41) is 11.2. The Hall–Kier alpha value is -2.49. The number of amides is 1. The second-order valence-corrected chi connectivity index (χ2v) is 7.57. The van der Waals surface area contributed by atoms with E-state index < -0.39 is 36.3 Å². The van der Waals surface area contributed by atoms with Gasteiger partial charge in [-0.3, -0.25) is 0 Å². The van der Waals surface area contributed by atoms with Crippen LogP contribution >= 0.6 is 0 Å². The quantitative estimate of drug-likeness (QED) is 0.627. The molecule has 3 N–H and O–H groups in total. The maximum Gasteiger partial charge on any atom is 0.404 e. The van der Waals surface area contributed by atoms with Crippen LogP contribution in [0.1, 0.15) is 18.1 Å². The minimum atomic E-state index is -1.64. The smallest absolute Gasteiger partial charge is 0.404 e. The van der Waals surface area contributed by atoms with Gasteiger partial charge in [0.15, 0.2) is 12.4 Å². The molecule has 5 atom stereocenters. The maximum atomic E-state index is 11.6. The molecule has 31 heavy (non-hydrogen) atoms. The summed E-state index contributed by atoms with van der Waals surface area (Å²) in [6, 6.07) is 19.1. The molecule has 1 aliphatic rings. The van der Waals surface area contributed by atoms with Gasteiger partial charge < -0.3 is 34.5 Å². The van der Waals surface area contributed by atoms with Crippen LogP contribution in [-0.2, 0) is 36.9 Å². The third-order valence-corrected chi connectivity index (χ3v) is 5.23. The molecule has 1 fully saturated rings.